The molecule has 120 valence electrons. The number of benzene rings is 1. The fourth-order valence-corrected chi connectivity index (χ4v) is 3.33. The molecule has 0 radical (unpaired) electrons. The molecule has 0 aliphatic carbocycles. The Hall–Kier alpha value is -1.42. The van der Waals surface area contributed by atoms with E-state index in [0.717, 1.165) is 63.1 Å². The summed E-state index contributed by atoms with van der Waals surface area (Å²) in [6.07, 6.45) is 2.27. The Kier molecular flexibility index (Phi) is 4.77. The van der Waals surface area contributed by atoms with Gasteiger partial charge in [-0.3, -0.25) is 0 Å². The molecule has 3 rings (SSSR count). The zero-order valence-electron chi connectivity index (χ0n) is 13.2. The Labute approximate surface area is 137 Å². The molecule has 0 unspecified atom stereocenters. The van der Waals surface area contributed by atoms with Crippen molar-refractivity contribution < 1.29 is 4.79 Å². The first kappa shape index (κ1) is 15.5. The van der Waals surface area contributed by atoms with Crippen molar-refractivity contribution in [3.05, 3.63) is 29.3 Å². The summed E-state index contributed by atoms with van der Waals surface area (Å²) < 4.78 is 0. The molecule has 4 nitrogen and oxygen atoms in total. The monoisotopic (exact) mass is 321 g/mol. The minimum atomic E-state index is 0.225. The van der Waals surface area contributed by atoms with Gasteiger partial charge < -0.3 is 14.7 Å². The molecular weight excluding hydrogens is 298 g/mol. The first-order valence-electron chi connectivity index (χ1n) is 8.18. The van der Waals surface area contributed by atoms with Crippen LogP contribution >= 0.6 is 11.6 Å². The number of urea groups is 1. The van der Waals surface area contributed by atoms with Crippen molar-refractivity contribution in [1.29, 1.82) is 0 Å². The molecule has 0 saturated carbocycles. The van der Waals surface area contributed by atoms with Gasteiger partial charge in [0.2, 0.25) is 0 Å². The highest BCUT2D eigenvalue weighted by atomic mass is 35.5. The van der Waals surface area contributed by atoms with Crippen molar-refractivity contribution in [1.82, 2.24) is 9.80 Å². The van der Waals surface area contributed by atoms with Crippen molar-refractivity contribution in [3.8, 4) is 0 Å². The maximum absolute atomic E-state index is 12.6. The van der Waals surface area contributed by atoms with E-state index in [9.17, 15) is 4.79 Å². The smallest absolute Gasteiger partial charge is 0.320 e. The predicted molar refractivity (Wildman–Crippen MR) is 90.6 cm³/mol. The van der Waals surface area contributed by atoms with Crippen molar-refractivity contribution in [2.75, 3.05) is 44.2 Å². The zero-order chi connectivity index (χ0) is 15.5. The highest BCUT2D eigenvalue weighted by Gasteiger charge is 2.27. The number of anilines is 1. The van der Waals surface area contributed by atoms with Crippen LogP contribution in [-0.2, 0) is 0 Å². The summed E-state index contributed by atoms with van der Waals surface area (Å²) in [4.78, 5) is 18.9. The first-order valence-corrected chi connectivity index (χ1v) is 8.55. The van der Waals surface area contributed by atoms with Crippen LogP contribution in [0.15, 0.2) is 24.3 Å². The molecule has 2 aliphatic heterocycles. The topological polar surface area (TPSA) is 26.8 Å². The fourth-order valence-electron chi connectivity index (χ4n) is 3.21. The summed E-state index contributed by atoms with van der Waals surface area (Å²) in [5, 5.41) is 0.761. The summed E-state index contributed by atoms with van der Waals surface area (Å²) in [5.41, 5.74) is 1.18. The molecule has 1 aromatic rings. The second kappa shape index (κ2) is 6.78. The molecule has 2 heterocycles. The number of hydrogen-bond donors (Lipinski definition) is 0. The highest BCUT2D eigenvalue weighted by molar-refractivity contribution is 6.30. The summed E-state index contributed by atoms with van der Waals surface area (Å²) in [6, 6.07) is 8.16. The highest BCUT2D eigenvalue weighted by Crippen LogP contribution is 2.21. The average Bonchev–Trinajstić information content (AvgIpc) is 2.56. The van der Waals surface area contributed by atoms with Crippen molar-refractivity contribution >= 4 is 23.3 Å². The Morgan fingerprint density at radius 3 is 2.09 bits per heavy atom. The number of piperidine rings is 1. The van der Waals surface area contributed by atoms with Gasteiger partial charge >= 0.3 is 6.03 Å². The second-order valence-electron chi connectivity index (χ2n) is 6.40. The molecule has 0 atom stereocenters. The van der Waals surface area contributed by atoms with Crippen LogP contribution in [-0.4, -0.2) is 55.1 Å². The number of likely N-dealkylation sites (tertiary alicyclic amines) is 1. The molecule has 0 aromatic heterocycles. The fraction of sp³-hybridized carbons (Fsp3) is 0.588. The van der Waals surface area contributed by atoms with Gasteiger partial charge in [0.15, 0.2) is 0 Å². The molecule has 2 amide bonds. The number of piperazine rings is 1. The van der Waals surface area contributed by atoms with Gasteiger partial charge in [0.25, 0.3) is 0 Å². The SMILES string of the molecule is CC1CCN(C(=O)N2CCN(c3ccc(Cl)cc3)CC2)CC1. The van der Waals surface area contributed by atoms with Crippen LogP contribution in [0.4, 0.5) is 10.5 Å². The Morgan fingerprint density at radius 2 is 1.50 bits per heavy atom. The second-order valence-corrected chi connectivity index (χ2v) is 6.84. The Bertz CT molecular complexity index is 503. The van der Waals surface area contributed by atoms with Gasteiger partial charge in [-0.2, -0.15) is 0 Å². The summed E-state index contributed by atoms with van der Waals surface area (Å²) in [6.45, 7) is 7.47. The maximum Gasteiger partial charge on any atom is 0.320 e. The molecule has 5 heteroatoms. The third-order valence-electron chi connectivity index (χ3n) is 4.80. The molecule has 2 aliphatic rings. The Balaban J connectivity index is 1.53. The van der Waals surface area contributed by atoms with Crippen molar-refractivity contribution in [2.45, 2.75) is 19.8 Å². The number of rotatable bonds is 1. The zero-order valence-corrected chi connectivity index (χ0v) is 13.9. The van der Waals surface area contributed by atoms with Crippen LogP contribution < -0.4 is 4.90 Å². The van der Waals surface area contributed by atoms with Gasteiger partial charge in [-0.25, -0.2) is 4.79 Å². The molecule has 0 bridgehead atoms. The number of amides is 2. The lowest BCUT2D eigenvalue weighted by molar-refractivity contribution is 0.132. The van der Waals surface area contributed by atoms with E-state index in [1.54, 1.807) is 0 Å². The lowest BCUT2D eigenvalue weighted by atomic mass is 9.99. The number of halogens is 1. The van der Waals surface area contributed by atoms with E-state index in [0.29, 0.717) is 0 Å². The lowest BCUT2D eigenvalue weighted by Crippen LogP contribution is -2.54. The lowest BCUT2D eigenvalue weighted by Gasteiger charge is -2.40. The van der Waals surface area contributed by atoms with Crippen LogP contribution in [0.2, 0.25) is 5.02 Å². The normalized spacial score (nSPS) is 20.4. The maximum atomic E-state index is 12.6. The quantitative estimate of drug-likeness (QED) is 0.793. The molecular formula is C17H24ClN3O. The van der Waals surface area contributed by atoms with E-state index in [4.69, 9.17) is 11.6 Å². The number of carbonyl (C=O) groups is 1. The van der Waals surface area contributed by atoms with Gasteiger partial charge in [-0.1, -0.05) is 18.5 Å². The van der Waals surface area contributed by atoms with Gasteiger partial charge in [-0.15, -0.1) is 0 Å². The third-order valence-corrected chi connectivity index (χ3v) is 5.05. The van der Waals surface area contributed by atoms with Crippen LogP contribution in [0.3, 0.4) is 0 Å². The van der Waals surface area contributed by atoms with Crippen LogP contribution in [0, 0.1) is 5.92 Å². The van der Waals surface area contributed by atoms with Crippen molar-refractivity contribution in [3.63, 3.8) is 0 Å². The summed E-state index contributed by atoms with van der Waals surface area (Å²) in [7, 11) is 0. The summed E-state index contributed by atoms with van der Waals surface area (Å²) in [5.74, 6) is 0.755. The van der Waals surface area contributed by atoms with Gasteiger partial charge in [0, 0.05) is 50.0 Å². The van der Waals surface area contributed by atoms with Crippen LogP contribution in [0.5, 0.6) is 0 Å². The molecule has 1 aromatic carbocycles. The first-order chi connectivity index (χ1) is 10.6. The van der Waals surface area contributed by atoms with Gasteiger partial charge in [-0.05, 0) is 43.0 Å². The molecule has 0 N–H and O–H groups in total. The van der Waals surface area contributed by atoms with E-state index in [2.05, 4.69) is 11.8 Å². The van der Waals surface area contributed by atoms with E-state index in [1.165, 1.54) is 5.69 Å². The third kappa shape index (κ3) is 3.49. The van der Waals surface area contributed by atoms with Gasteiger partial charge in [0.05, 0.1) is 0 Å². The minimum Gasteiger partial charge on any atom is -0.368 e. The average molecular weight is 322 g/mol. The molecule has 22 heavy (non-hydrogen) atoms. The predicted octanol–water partition coefficient (Wildman–Crippen LogP) is 3.31. The standard InChI is InChI=1S/C17H24ClN3O/c1-14-6-8-20(9-7-14)17(22)21-12-10-19(11-13-21)16-4-2-15(18)3-5-16/h2-5,14H,6-13H2,1H3. The molecule has 2 saturated heterocycles. The number of nitrogens with zero attached hydrogens (tertiary/aromatic N) is 3. The molecule has 2 fully saturated rings. The minimum absolute atomic E-state index is 0.225. The van der Waals surface area contributed by atoms with E-state index >= 15 is 0 Å². The van der Waals surface area contributed by atoms with E-state index < -0.39 is 0 Å². The van der Waals surface area contributed by atoms with E-state index in [1.807, 2.05) is 34.1 Å². The van der Waals surface area contributed by atoms with Crippen molar-refractivity contribution in [2.24, 2.45) is 5.92 Å². The number of carbonyl (C=O) groups excluding carboxylic acids is 1. The largest absolute Gasteiger partial charge is 0.368 e. The van der Waals surface area contributed by atoms with E-state index in [-0.39, 0.29) is 6.03 Å². The van der Waals surface area contributed by atoms with Crippen LogP contribution in [0.25, 0.3) is 0 Å². The number of hydrogen-bond acceptors (Lipinski definition) is 2. The van der Waals surface area contributed by atoms with Gasteiger partial charge in [0.1, 0.15) is 0 Å². The molecule has 0 spiro atoms. The Morgan fingerprint density at radius 1 is 0.955 bits per heavy atom. The van der Waals surface area contributed by atoms with Crippen LogP contribution in [0.1, 0.15) is 19.8 Å². The summed E-state index contributed by atoms with van der Waals surface area (Å²) >= 11 is 5.93.